The summed E-state index contributed by atoms with van der Waals surface area (Å²) in [5, 5.41) is 2.88. The summed E-state index contributed by atoms with van der Waals surface area (Å²) < 4.78 is 0. The van der Waals surface area contributed by atoms with Crippen molar-refractivity contribution in [1.29, 1.82) is 0 Å². The van der Waals surface area contributed by atoms with E-state index in [-0.39, 0.29) is 17.7 Å². The Kier molecular flexibility index (Phi) is 5.84. The highest BCUT2D eigenvalue weighted by molar-refractivity contribution is 5.98. The van der Waals surface area contributed by atoms with Gasteiger partial charge in [-0.05, 0) is 48.2 Å². The number of hydrogen-bond donors (Lipinski definition) is 1. The molecule has 0 aromatic heterocycles. The molecule has 156 valence electrons. The molecule has 0 spiro atoms. The minimum atomic E-state index is -0.501. The molecule has 1 atom stereocenters. The topological polar surface area (TPSA) is 69.7 Å². The molecule has 2 aliphatic rings. The summed E-state index contributed by atoms with van der Waals surface area (Å²) in [6, 6.07) is 14.4. The quantitative estimate of drug-likeness (QED) is 0.849. The van der Waals surface area contributed by atoms with Crippen LogP contribution in [0.4, 0.5) is 5.69 Å². The van der Waals surface area contributed by atoms with Crippen molar-refractivity contribution in [1.82, 2.24) is 9.80 Å². The second-order valence-corrected chi connectivity index (χ2v) is 7.94. The van der Waals surface area contributed by atoms with Gasteiger partial charge in [-0.3, -0.25) is 14.4 Å². The molecule has 30 heavy (non-hydrogen) atoms. The molecule has 0 unspecified atom stereocenters. The SMILES string of the molecule is CCC(=O)Nc1ccc2c(c1)CN(C(=O)c1ccccc1)[C@@H](C(=O)N1CCCC1)C2. The number of benzene rings is 2. The lowest BCUT2D eigenvalue weighted by atomic mass is 9.92. The Hall–Kier alpha value is -3.15. The molecule has 0 radical (unpaired) electrons. The average Bonchev–Trinajstić information content (AvgIpc) is 3.32. The summed E-state index contributed by atoms with van der Waals surface area (Å²) in [6.45, 7) is 3.68. The predicted octanol–water partition coefficient (Wildman–Crippen LogP) is 3.22. The molecule has 0 bridgehead atoms. The van der Waals surface area contributed by atoms with Gasteiger partial charge in [0.25, 0.3) is 5.91 Å². The molecular formula is C24H27N3O3. The zero-order valence-electron chi connectivity index (χ0n) is 17.3. The fraction of sp³-hybridized carbons (Fsp3) is 0.375. The Morgan fingerprint density at radius 3 is 2.43 bits per heavy atom. The Bertz CT molecular complexity index is 951. The van der Waals surface area contributed by atoms with Crippen LogP contribution in [-0.4, -0.2) is 46.7 Å². The third kappa shape index (κ3) is 4.08. The van der Waals surface area contributed by atoms with Crippen LogP contribution in [0.3, 0.4) is 0 Å². The number of rotatable bonds is 4. The maximum Gasteiger partial charge on any atom is 0.254 e. The highest BCUT2D eigenvalue weighted by Gasteiger charge is 2.38. The normalized spacial score (nSPS) is 18.1. The van der Waals surface area contributed by atoms with Crippen molar-refractivity contribution in [3.05, 3.63) is 65.2 Å². The second-order valence-electron chi connectivity index (χ2n) is 7.94. The number of fused-ring (bicyclic) bond motifs is 1. The van der Waals surface area contributed by atoms with Crippen LogP contribution in [0.5, 0.6) is 0 Å². The van der Waals surface area contributed by atoms with Gasteiger partial charge in [0.2, 0.25) is 11.8 Å². The molecule has 6 nitrogen and oxygen atoms in total. The molecule has 2 aromatic rings. The summed E-state index contributed by atoms with van der Waals surface area (Å²) in [4.78, 5) is 42.0. The largest absolute Gasteiger partial charge is 0.341 e. The molecule has 0 saturated carbocycles. The molecule has 2 heterocycles. The molecule has 3 amide bonds. The van der Waals surface area contributed by atoms with Gasteiger partial charge in [0.15, 0.2) is 0 Å². The van der Waals surface area contributed by atoms with E-state index in [0.717, 1.165) is 42.7 Å². The highest BCUT2D eigenvalue weighted by atomic mass is 16.2. The van der Waals surface area contributed by atoms with Gasteiger partial charge in [0.1, 0.15) is 6.04 Å². The van der Waals surface area contributed by atoms with Crippen molar-refractivity contribution < 1.29 is 14.4 Å². The van der Waals surface area contributed by atoms with Gasteiger partial charge in [-0.2, -0.15) is 0 Å². The first-order valence-corrected chi connectivity index (χ1v) is 10.6. The molecule has 2 aromatic carbocycles. The summed E-state index contributed by atoms with van der Waals surface area (Å²) in [7, 11) is 0. The zero-order valence-corrected chi connectivity index (χ0v) is 17.3. The van der Waals surface area contributed by atoms with Gasteiger partial charge < -0.3 is 15.1 Å². The van der Waals surface area contributed by atoms with Crippen molar-refractivity contribution in [3.8, 4) is 0 Å². The van der Waals surface area contributed by atoms with Gasteiger partial charge >= 0.3 is 0 Å². The van der Waals surface area contributed by atoms with Crippen molar-refractivity contribution in [3.63, 3.8) is 0 Å². The molecule has 2 aliphatic heterocycles. The van der Waals surface area contributed by atoms with E-state index in [4.69, 9.17) is 0 Å². The van der Waals surface area contributed by atoms with E-state index in [9.17, 15) is 14.4 Å². The average molecular weight is 405 g/mol. The molecule has 1 fully saturated rings. The van der Waals surface area contributed by atoms with E-state index in [1.54, 1.807) is 17.0 Å². The number of anilines is 1. The second kappa shape index (κ2) is 8.69. The highest BCUT2D eigenvalue weighted by Crippen LogP contribution is 2.29. The van der Waals surface area contributed by atoms with E-state index in [1.165, 1.54) is 0 Å². The van der Waals surface area contributed by atoms with Gasteiger partial charge in [0.05, 0.1) is 0 Å². The molecule has 1 N–H and O–H groups in total. The van der Waals surface area contributed by atoms with Crippen LogP contribution >= 0.6 is 0 Å². The third-order valence-electron chi connectivity index (χ3n) is 5.93. The van der Waals surface area contributed by atoms with Gasteiger partial charge in [-0.25, -0.2) is 0 Å². The predicted molar refractivity (Wildman–Crippen MR) is 115 cm³/mol. The van der Waals surface area contributed by atoms with E-state index in [0.29, 0.717) is 24.9 Å². The lowest BCUT2D eigenvalue weighted by Crippen LogP contribution is -2.53. The van der Waals surface area contributed by atoms with Crippen molar-refractivity contribution in [2.45, 2.75) is 45.2 Å². The smallest absolute Gasteiger partial charge is 0.254 e. The van der Waals surface area contributed by atoms with E-state index >= 15 is 0 Å². The van der Waals surface area contributed by atoms with Crippen LogP contribution in [-0.2, 0) is 22.6 Å². The number of hydrogen-bond acceptors (Lipinski definition) is 3. The first-order chi connectivity index (χ1) is 14.6. The number of nitrogens with zero attached hydrogens (tertiary/aromatic N) is 2. The Labute approximate surface area is 176 Å². The lowest BCUT2D eigenvalue weighted by Gasteiger charge is -2.38. The van der Waals surface area contributed by atoms with Crippen LogP contribution in [0.1, 0.15) is 47.7 Å². The minimum absolute atomic E-state index is 0.0331. The Balaban J connectivity index is 1.66. The molecular weight excluding hydrogens is 378 g/mol. The van der Waals surface area contributed by atoms with Crippen LogP contribution < -0.4 is 5.32 Å². The fourth-order valence-corrected chi connectivity index (χ4v) is 4.24. The van der Waals surface area contributed by atoms with Crippen LogP contribution in [0.25, 0.3) is 0 Å². The third-order valence-corrected chi connectivity index (χ3v) is 5.93. The maximum absolute atomic E-state index is 13.3. The summed E-state index contributed by atoms with van der Waals surface area (Å²) >= 11 is 0. The molecule has 1 saturated heterocycles. The van der Waals surface area contributed by atoms with E-state index in [2.05, 4.69) is 5.32 Å². The van der Waals surface area contributed by atoms with Gasteiger partial charge in [0, 0.05) is 43.7 Å². The number of carbonyl (C=O) groups is 3. The van der Waals surface area contributed by atoms with Crippen LogP contribution in [0, 0.1) is 0 Å². The van der Waals surface area contributed by atoms with Crippen LogP contribution in [0.15, 0.2) is 48.5 Å². The van der Waals surface area contributed by atoms with Crippen molar-refractivity contribution in [2.75, 3.05) is 18.4 Å². The van der Waals surface area contributed by atoms with Gasteiger partial charge in [-0.15, -0.1) is 0 Å². The number of likely N-dealkylation sites (tertiary alicyclic amines) is 1. The Morgan fingerprint density at radius 2 is 1.73 bits per heavy atom. The maximum atomic E-state index is 13.3. The summed E-state index contributed by atoms with van der Waals surface area (Å²) in [5.41, 5.74) is 3.32. The van der Waals surface area contributed by atoms with Crippen LogP contribution in [0.2, 0.25) is 0 Å². The zero-order chi connectivity index (χ0) is 21.1. The van der Waals surface area contributed by atoms with Crippen molar-refractivity contribution in [2.24, 2.45) is 0 Å². The summed E-state index contributed by atoms with van der Waals surface area (Å²) in [6.07, 6.45) is 2.93. The fourth-order valence-electron chi connectivity index (χ4n) is 4.24. The van der Waals surface area contributed by atoms with E-state index < -0.39 is 6.04 Å². The molecule has 6 heteroatoms. The monoisotopic (exact) mass is 405 g/mol. The number of carbonyl (C=O) groups excluding carboxylic acids is 3. The first-order valence-electron chi connectivity index (χ1n) is 10.6. The Morgan fingerprint density at radius 1 is 1.00 bits per heavy atom. The molecule has 0 aliphatic carbocycles. The lowest BCUT2D eigenvalue weighted by molar-refractivity contribution is -0.135. The van der Waals surface area contributed by atoms with Gasteiger partial charge in [-0.1, -0.05) is 31.2 Å². The molecule has 4 rings (SSSR count). The summed E-state index contributed by atoms with van der Waals surface area (Å²) in [5.74, 6) is -0.155. The number of amides is 3. The van der Waals surface area contributed by atoms with E-state index in [1.807, 2.05) is 48.2 Å². The number of nitrogens with one attached hydrogen (secondary N) is 1. The van der Waals surface area contributed by atoms with Crippen molar-refractivity contribution >= 4 is 23.4 Å². The first kappa shape index (κ1) is 20.1. The standard InChI is InChI=1S/C24H27N3O3/c1-2-22(28)25-20-11-10-18-15-21(24(30)26-12-6-7-13-26)27(16-19(18)14-20)23(29)17-8-4-3-5-9-17/h3-5,8-11,14,21H,2,6-7,12-13,15-16H2,1H3,(H,25,28)/t21-/m1/s1. The minimum Gasteiger partial charge on any atom is -0.341 e.